The Morgan fingerprint density at radius 1 is 1.50 bits per heavy atom. The Morgan fingerprint density at radius 3 is 2.71 bits per heavy atom. The van der Waals surface area contributed by atoms with E-state index >= 15 is 0 Å². The molecule has 0 aliphatic heterocycles. The quantitative estimate of drug-likeness (QED) is 0.737. The molecule has 14 heavy (non-hydrogen) atoms. The summed E-state index contributed by atoms with van der Waals surface area (Å²) >= 11 is 0. The van der Waals surface area contributed by atoms with Crippen LogP contribution < -0.4 is 10.1 Å². The number of anilines is 1. The molecule has 0 saturated carbocycles. The second-order valence-corrected chi connectivity index (χ2v) is 3.22. The SMILES string of the molecule is C=C(CC)Oc1ccc(NC)cc1C. The highest BCUT2D eigenvalue weighted by molar-refractivity contribution is 5.50. The number of hydrogen-bond donors (Lipinski definition) is 1. The third kappa shape index (κ3) is 2.52. The molecular formula is C12H17NO. The third-order valence-electron chi connectivity index (χ3n) is 2.11. The molecule has 0 aromatic heterocycles. The summed E-state index contributed by atoms with van der Waals surface area (Å²) in [6.07, 6.45) is 0.840. The summed E-state index contributed by atoms with van der Waals surface area (Å²) in [5.74, 6) is 1.68. The van der Waals surface area contributed by atoms with Crippen molar-refractivity contribution in [1.82, 2.24) is 0 Å². The van der Waals surface area contributed by atoms with Crippen LogP contribution in [0.1, 0.15) is 18.9 Å². The van der Waals surface area contributed by atoms with Crippen LogP contribution >= 0.6 is 0 Å². The van der Waals surface area contributed by atoms with Crippen LogP contribution in [-0.4, -0.2) is 7.05 Å². The second-order valence-electron chi connectivity index (χ2n) is 3.22. The molecule has 0 radical (unpaired) electrons. The Balaban J connectivity index is 2.83. The van der Waals surface area contributed by atoms with Crippen molar-refractivity contribution in [3.63, 3.8) is 0 Å². The van der Waals surface area contributed by atoms with Crippen LogP contribution in [-0.2, 0) is 0 Å². The van der Waals surface area contributed by atoms with Crippen LogP contribution in [0.5, 0.6) is 5.75 Å². The van der Waals surface area contributed by atoms with Gasteiger partial charge in [-0.1, -0.05) is 13.5 Å². The summed E-state index contributed by atoms with van der Waals surface area (Å²) in [5.41, 5.74) is 2.21. The van der Waals surface area contributed by atoms with E-state index < -0.39 is 0 Å². The first-order chi connectivity index (χ1) is 6.67. The molecule has 0 spiro atoms. The lowest BCUT2D eigenvalue weighted by molar-refractivity contribution is 0.409. The molecule has 0 heterocycles. The van der Waals surface area contributed by atoms with Crippen LogP contribution in [0.3, 0.4) is 0 Å². The number of nitrogens with one attached hydrogen (secondary N) is 1. The summed E-state index contributed by atoms with van der Waals surface area (Å²) < 4.78 is 5.57. The number of benzene rings is 1. The lowest BCUT2D eigenvalue weighted by Gasteiger charge is -2.10. The van der Waals surface area contributed by atoms with Crippen LogP contribution in [0.15, 0.2) is 30.5 Å². The molecule has 1 rings (SSSR count). The van der Waals surface area contributed by atoms with Crippen LogP contribution in [0.4, 0.5) is 5.69 Å². The van der Waals surface area contributed by atoms with Gasteiger partial charge >= 0.3 is 0 Å². The fraction of sp³-hybridized carbons (Fsp3) is 0.333. The summed E-state index contributed by atoms with van der Waals surface area (Å²) in [5, 5.41) is 3.08. The molecule has 0 aliphatic carbocycles. The number of hydrogen-bond acceptors (Lipinski definition) is 2. The minimum absolute atomic E-state index is 0.797. The van der Waals surface area contributed by atoms with Gasteiger partial charge in [0.15, 0.2) is 0 Å². The maximum Gasteiger partial charge on any atom is 0.129 e. The van der Waals surface area contributed by atoms with Crippen molar-refractivity contribution in [2.24, 2.45) is 0 Å². The Kier molecular flexibility index (Phi) is 3.57. The molecule has 0 atom stereocenters. The van der Waals surface area contributed by atoms with Crippen LogP contribution in [0.2, 0.25) is 0 Å². The van der Waals surface area contributed by atoms with Gasteiger partial charge in [0.2, 0.25) is 0 Å². The normalized spacial score (nSPS) is 9.64. The minimum Gasteiger partial charge on any atom is -0.462 e. The van der Waals surface area contributed by atoms with E-state index in [-0.39, 0.29) is 0 Å². The van der Waals surface area contributed by atoms with Gasteiger partial charge in [0.05, 0.1) is 5.76 Å². The fourth-order valence-corrected chi connectivity index (χ4v) is 1.15. The third-order valence-corrected chi connectivity index (χ3v) is 2.11. The molecule has 1 N–H and O–H groups in total. The Hall–Kier alpha value is -1.44. The van der Waals surface area contributed by atoms with E-state index in [1.807, 2.05) is 33.0 Å². The average Bonchev–Trinajstić information content (AvgIpc) is 2.20. The number of ether oxygens (including phenoxy) is 1. The predicted molar refractivity (Wildman–Crippen MR) is 60.8 cm³/mol. The largest absolute Gasteiger partial charge is 0.462 e. The van der Waals surface area contributed by atoms with Gasteiger partial charge in [0, 0.05) is 19.2 Å². The average molecular weight is 191 g/mol. The van der Waals surface area contributed by atoms with Crippen molar-refractivity contribution < 1.29 is 4.74 Å². The Morgan fingerprint density at radius 2 is 2.21 bits per heavy atom. The first-order valence-corrected chi connectivity index (χ1v) is 4.81. The number of aryl methyl sites for hydroxylation is 1. The lowest BCUT2D eigenvalue weighted by atomic mass is 10.2. The van der Waals surface area contributed by atoms with E-state index in [1.165, 1.54) is 0 Å². The van der Waals surface area contributed by atoms with Gasteiger partial charge in [0.25, 0.3) is 0 Å². The Bertz CT molecular complexity index is 331. The van der Waals surface area contributed by atoms with E-state index in [1.54, 1.807) is 0 Å². The van der Waals surface area contributed by atoms with Gasteiger partial charge in [-0.15, -0.1) is 0 Å². The van der Waals surface area contributed by atoms with Crippen LogP contribution in [0.25, 0.3) is 0 Å². The molecule has 0 saturated heterocycles. The summed E-state index contributed by atoms with van der Waals surface area (Å²) in [7, 11) is 1.90. The molecule has 0 aliphatic rings. The molecule has 2 heteroatoms. The summed E-state index contributed by atoms with van der Waals surface area (Å²) in [6, 6.07) is 6.01. The highest BCUT2D eigenvalue weighted by Crippen LogP contribution is 2.23. The fourth-order valence-electron chi connectivity index (χ4n) is 1.15. The van der Waals surface area contributed by atoms with Crippen molar-refractivity contribution in [3.8, 4) is 5.75 Å². The van der Waals surface area contributed by atoms with E-state index in [4.69, 9.17) is 4.74 Å². The summed E-state index contributed by atoms with van der Waals surface area (Å²) in [6.45, 7) is 7.87. The van der Waals surface area contributed by atoms with E-state index in [9.17, 15) is 0 Å². The first kappa shape index (κ1) is 10.6. The first-order valence-electron chi connectivity index (χ1n) is 4.81. The van der Waals surface area contributed by atoms with Gasteiger partial charge in [-0.05, 0) is 30.7 Å². The standard InChI is InChI=1S/C12H17NO/c1-5-10(3)14-12-7-6-11(13-4)8-9(12)2/h6-8,13H,3,5H2,1-2,4H3. The molecule has 0 unspecified atom stereocenters. The molecule has 76 valence electrons. The molecule has 0 bridgehead atoms. The minimum atomic E-state index is 0.797. The van der Waals surface area contributed by atoms with Crippen molar-refractivity contribution >= 4 is 5.69 Å². The lowest BCUT2D eigenvalue weighted by Crippen LogP contribution is -1.95. The molecule has 1 aromatic carbocycles. The van der Waals surface area contributed by atoms with Gasteiger partial charge in [-0.3, -0.25) is 0 Å². The molecule has 0 fully saturated rings. The van der Waals surface area contributed by atoms with Gasteiger partial charge in [-0.2, -0.15) is 0 Å². The number of rotatable bonds is 4. The maximum atomic E-state index is 5.57. The second kappa shape index (κ2) is 4.70. The maximum absolute atomic E-state index is 5.57. The molecule has 1 aromatic rings. The predicted octanol–water partition coefficient (Wildman–Crippen LogP) is 3.34. The zero-order chi connectivity index (χ0) is 10.6. The van der Waals surface area contributed by atoms with Crippen molar-refractivity contribution in [1.29, 1.82) is 0 Å². The highest BCUT2D eigenvalue weighted by Gasteiger charge is 2.01. The Labute approximate surface area is 85.6 Å². The van der Waals surface area contributed by atoms with E-state index in [2.05, 4.69) is 18.0 Å². The van der Waals surface area contributed by atoms with E-state index in [0.29, 0.717) is 0 Å². The van der Waals surface area contributed by atoms with Crippen LogP contribution in [0, 0.1) is 6.92 Å². The monoisotopic (exact) mass is 191 g/mol. The molecule has 2 nitrogen and oxygen atoms in total. The van der Waals surface area contributed by atoms with Gasteiger partial charge in [-0.25, -0.2) is 0 Å². The van der Waals surface area contributed by atoms with Gasteiger partial charge in [0.1, 0.15) is 5.75 Å². The summed E-state index contributed by atoms with van der Waals surface area (Å²) in [4.78, 5) is 0. The highest BCUT2D eigenvalue weighted by atomic mass is 16.5. The zero-order valence-corrected chi connectivity index (χ0v) is 9.05. The van der Waals surface area contributed by atoms with Crippen molar-refractivity contribution in [2.75, 3.05) is 12.4 Å². The number of allylic oxidation sites excluding steroid dienone is 1. The van der Waals surface area contributed by atoms with Crippen molar-refractivity contribution in [3.05, 3.63) is 36.1 Å². The zero-order valence-electron chi connectivity index (χ0n) is 9.05. The smallest absolute Gasteiger partial charge is 0.129 e. The topological polar surface area (TPSA) is 21.3 Å². The molecule has 0 amide bonds. The van der Waals surface area contributed by atoms with Gasteiger partial charge < -0.3 is 10.1 Å². The van der Waals surface area contributed by atoms with E-state index in [0.717, 1.165) is 29.2 Å². The molecular weight excluding hydrogens is 174 g/mol. The van der Waals surface area contributed by atoms with Crippen molar-refractivity contribution in [2.45, 2.75) is 20.3 Å².